The van der Waals surface area contributed by atoms with E-state index in [1.807, 2.05) is 49.1 Å². The second-order valence-corrected chi connectivity index (χ2v) is 6.14. The van der Waals surface area contributed by atoms with Gasteiger partial charge in [0.1, 0.15) is 5.58 Å². The van der Waals surface area contributed by atoms with Gasteiger partial charge in [-0.05, 0) is 32.3 Å². The van der Waals surface area contributed by atoms with Crippen LogP contribution in [0, 0.1) is 6.92 Å². The van der Waals surface area contributed by atoms with Crippen LogP contribution in [0.1, 0.15) is 46.3 Å². The SMILES string of the molecule is Cc1c(C(=O)N[C@@H]2CCCc3c2cnn3C)oc2ccccc12. The van der Waals surface area contributed by atoms with Crippen molar-refractivity contribution in [1.29, 1.82) is 0 Å². The number of amides is 1. The molecule has 1 aromatic carbocycles. The maximum absolute atomic E-state index is 12.7. The summed E-state index contributed by atoms with van der Waals surface area (Å²) < 4.78 is 7.67. The lowest BCUT2D eigenvalue weighted by molar-refractivity contribution is 0.0906. The Morgan fingerprint density at radius 1 is 1.39 bits per heavy atom. The number of carbonyl (C=O) groups excluding carboxylic acids is 1. The highest BCUT2D eigenvalue weighted by atomic mass is 16.3. The lowest BCUT2D eigenvalue weighted by Gasteiger charge is -2.23. The molecule has 2 aromatic heterocycles. The molecule has 0 radical (unpaired) electrons. The summed E-state index contributed by atoms with van der Waals surface area (Å²) in [7, 11) is 1.95. The molecule has 118 valence electrons. The second-order valence-electron chi connectivity index (χ2n) is 6.14. The number of hydrogen-bond acceptors (Lipinski definition) is 3. The van der Waals surface area contributed by atoms with Crippen molar-refractivity contribution in [2.75, 3.05) is 0 Å². The molecule has 0 unspecified atom stereocenters. The number of fused-ring (bicyclic) bond motifs is 2. The third-order valence-electron chi connectivity index (χ3n) is 4.73. The minimum atomic E-state index is -0.152. The van der Waals surface area contributed by atoms with Gasteiger partial charge >= 0.3 is 0 Å². The van der Waals surface area contributed by atoms with Gasteiger partial charge in [0, 0.05) is 29.3 Å². The fourth-order valence-electron chi connectivity index (χ4n) is 3.47. The van der Waals surface area contributed by atoms with Crippen LogP contribution in [0.4, 0.5) is 0 Å². The van der Waals surface area contributed by atoms with E-state index in [1.54, 1.807) is 0 Å². The Balaban J connectivity index is 1.64. The smallest absolute Gasteiger partial charge is 0.287 e. The summed E-state index contributed by atoms with van der Waals surface area (Å²) in [6.45, 7) is 1.93. The number of hydrogen-bond donors (Lipinski definition) is 1. The summed E-state index contributed by atoms with van der Waals surface area (Å²) in [5.41, 5.74) is 3.98. The first-order valence-corrected chi connectivity index (χ1v) is 7.95. The van der Waals surface area contributed by atoms with E-state index in [4.69, 9.17) is 4.42 Å². The number of nitrogens with one attached hydrogen (secondary N) is 1. The first-order chi connectivity index (χ1) is 11.1. The molecule has 0 aliphatic heterocycles. The zero-order chi connectivity index (χ0) is 16.0. The van der Waals surface area contributed by atoms with Crippen LogP contribution in [-0.2, 0) is 13.5 Å². The molecule has 0 fully saturated rings. The summed E-state index contributed by atoms with van der Waals surface area (Å²) in [4.78, 5) is 12.7. The number of para-hydroxylation sites is 1. The summed E-state index contributed by atoms with van der Waals surface area (Å²) in [5, 5.41) is 8.43. The minimum absolute atomic E-state index is 0.00700. The molecule has 1 N–H and O–H groups in total. The average molecular weight is 309 g/mol. The van der Waals surface area contributed by atoms with Crippen molar-refractivity contribution in [2.24, 2.45) is 7.05 Å². The molecule has 2 heterocycles. The van der Waals surface area contributed by atoms with E-state index < -0.39 is 0 Å². The van der Waals surface area contributed by atoms with Crippen molar-refractivity contribution >= 4 is 16.9 Å². The number of aryl methyl sites for hydroxylation is 2. The van der Waals surface area contributed by atoms with Gasteiger partial charge in [0.2, 0.25) is 0 Å². The number of furan rings is 1. The zero-order valence-corrected chi connectivity index (χ0v) is 13.3. The number of aromatic nitrogens is 2. The van der Waals surface area contributed by atoms with E-state index in [0.717, 1.165) is 41.4 Å². The molecule has 0 saturated carbocycles. The molecule has 0 bridgehead atoms. The lowest BCUT2D eigenvalue weighted by atomic mass is 9.93. The Morgan fingerprint density at radius 2 is 2.22 bits per heavy atom. The molecule has 1 atom stereocenters. The van der Waals surface area contributed by atoms with Crippen molar-refractivity contribution < 1.29 is 9.21 Å². The van der Waals surface area contributed by atoms with Crippen LogP contribution in [0.15, 0.2) is 34.9 Å². The van der Waals surface area contributed by atoms with Gasteiger partial charge < -0.3 is 9.73 Å². The second kappa shape index (κ2) is 5.26. The Kier molecular flexibility index (Phi) is 3.22. The quantitative estimate of drug-likeness (QED) is 0.790. The normalized spacial score (nSPS) is 17.2. The van der Waals surface area contributed by atoms with E-state index in [1.165, 1.54) is 5.69 Å². The monoisotopic (exact) mass is 309 g/mol. The lowest BCUT2D eigenvalue weighted by Crippen LogP contribution is -2.31. The van der Waals surface area contributed by atoms with Crippen LogP contribution in [0.2, 0.25) is 0 Å². The summed E-state index contributed by atoms with van der Waals surface area (Å²) in [6, 6.07) is 7.74. The topological polar surface area (TPSA) is 60.1 Å². The van der Waals surface area contributed by atoms with Gasteiger partial charge in [-0.15, -0.1) is 0 Å². The van der Waals surface area contributed by atoms with E-state index in [9.17, 15) is 4.79 Å². The van der Waals surface area contributed by atoms with Crippen molar-refractivity contribution in [1.82, 2.24) is 15.1 Å². The van der Waals surface area contributed by atoms with Gasteiger partial charge in [0.15, 0.2) is 5.76 Å². The molecule has 3 aromatic rings. The highest BCUT2D eigenvalue weighted by molar-refractivity contribution is 5.99. The third kappa shape index (κ3) is 2.23. The highest BCUT2D eigenvalue weighted by Gasteiger charge is 2.27. The minimum Gasteiger partial charge on any atom is -0.451 e. The number of nitrogens with zero attached hydrogens (tertiary/aromatic N) is 2. The fraction of sp³-hybridized carbons (Fsp3) is 0.333. The molecule has 1 amide bonds. The largest absolute Gasteiger partial charge is 0.451 e. The van der Waals surface area contributed by atoms with Crippen LogP contribution in [0.3, 0.4) is 0 Å². The van der Waals surface area contributed by atoms with Gasteiger partial charge in [0.25, 0.3) is 5.91 Å². The van der Waals surface area contributed by atoms with E-state index >= 15 is 0 Å². The predicted molar refractivity (Wildman–Crippen MR) is 87.3 cm³/mol. The van der Waals surface area contributed by atoms with Crippen molar-refractivity contribution in [3.8, 4) is 0 Å². The first kappa shape index (κ1) is 14.1. The van der Waals surface area contributed by atoms with E-state index in [2.05, 4.69) is 10.4 Å². The van der Waals surface area contributed by atoms with E-state index in [-0.39, 0.29) is 11.9 Å². The summed E-state index contributed by atoms with van der Waals surface area (Å²) in [5.74, 6) is 0.252. The van der Waals surface area contributed by atoms with Crippen molar-refractivity contribution in [3.63, 3.8) is 0 Å². The van der Waals surface area contributed by atoms with Crippen LogP contribution in [0.25, 0.3) is 11.0 Å². The first-order valence-electron chi connectivity index (χ1n) is 7.95. The molecule has 4 rings (SSSR count). The Morgan fingerprint density at radius 3 is 3.04 bits per heavy atom. The third-order valence-corrected chi connectivity index (χ3v) is 4.73. The highest BCUT2D eigenvalue weighted by Crippen LogP contribution is 2.30. The molecule has 23 heavy (non-hydrogen) atoms. The summed E-state index contributed by atoms with van der Waals surface area (Å²) >= 11 is 0. The maximum atomic E-state index is 12.7. The van der Waals surface area contributed by atoms with Gasteiger partial charge in [-0.1, -0.05) is 18.2 Å². The fourth-order valence-corrected chi connectivity index (χ4v) is 3.47. The van der Waals surface area contributed by atoms with Crippen LogP contribution in [0.5, 0.6) is 0 Å². The predicted octanol–water partition coefficient (Wildman–Crippen LogP) is 3.28. The summed E-state index contributed by atoms with van der Waals surface area (Å²) in [6.07, 6.45) is 4.87. The van der Waals surface area contributed by atoms with Crippen LogP contribution < -0.4 is 5.32 Å². The van der Waals surface area contributed by atoms with E-state index in [0.29, 0.717) is 5.76 Å². The molecular weight excluding hydrogens is 290 g/mol. The standard InChI is InChI=1S/C18H19N3O2/c1-11-12-6-3-4-9-16(12)23-17(11)18(22)20-14-7-5-8-15-13(14)10-19-21(15)2/h3-4,6,9-10,14H,5,7-8H2,1-2H3,(H,20,22)/t14-/m1/s1. The number of carbonyl (C=O) groups is 1. The number of rotatable bonds is 2. The van der Waals surface area contributed by atoms with Gasteiger partial charge in [0.05, 0.1) is 12.2 Å². The molecule has 0 saturated heterocycles. The average Bonchev–Trinajstić information content (AvgIpc) is 3.10. The Labute approximate surface area is 134 Å². The molecule has 1 aliphatic carbocycles. The number of benzene rings is 1. The molecule has 0 spiro atoms. The Bertz CT molecular complexity index is 891. The molecule has 5 heteroatoms. The van der Waals surface area contributed by atoms with Crippen molar-refractivity contribution in [3.05, 3.63) is 53.0 Å². The molecule has 1 aliphatic rings. The molecular formula is C18H19N3O2. The van der Waals surface area contributed by atoms with Gasteiger partial charge in [-0.2, -0.15) is 5.10 Å². The van der Waals surface area contributed by atoms with Gasteiger partial charge in [-0.25, -0.2) is 0 Å². The molecule has 5 nitrogen and oxygen atoms in total. The zero-order valence-electron chi connectivity index (χ0n) is 13.3. The van der Waals surface area contributed by atoms with Gasteiger partial charge in [-0.3, -0.25) is 9.48 Å². The maximum Gasteiger partial charge on any atom is 0.287 e. The Hall–Kier alpha value is -2.56. The van der Waals surface area contributed by atoms with Crippen molar-refractivity contribution in [2.45, 2.75) is 32.2 Å². The van der Waals surface area contributed by atoms with Crippen LogP contribution >= 0.6 is 0 Å². The van der Waals surface area contributed by atoms with Crippen LogP contribution in [-0.4, -0.2) is 15.7 Å².